The monoisotopic (exact) mass is 206 g/mol. The van der Waals surface area contributed by atoms with Crippen LogP contribution in [0.3, 0.4) is 0 Å². The van der Waals surface area contributed by atoms with E-state index in [1.807, 2.05) is 0 Å². The van der Waals surface area contributed by atoms with Gasteiger partial charge in [-0.2, -0.15) is 0 Å². The molecule has 14 heavy (non-hydrogen) atoms. The SMILES string of the molecule is C.C.COC1OC(CO)C(C)CC1C. The minimum Gasteiger partial charge on any atom is -0.394 e. The second-order valence-corrected chi connectivity index (χ2v) is 3.65. The highest BCUT2D eigenvalue weighted by Crippen LogP contribution is 2.29. The molecule has 3 heteroatoms. The Morgan fingerprint density at radius 1 is 1.29 bits per heavy atom. The van der Waals surface area contributed by atoms with E-state index in [0.717, 1.165) is 6.42 Å². The third-order valence-corrected chi connectivity index (χ3v) is 2.56. The van der Waals surface area contributed by atoms with Gasteiger partial charge in [0.1, 0.15) is 0 Å². The molecule has 88 valence electrons. The minimum atomic E-state index is -0.140. The number of aliphatic hydroxyl groups excluding tert-OH is 1. The molecule has 1 heterocycles. The maximum Gasteiger partial charge on any atom is 0.160 e. The Balaban J connectivity index is 0. The van der Waals surface area contributed by atoms with Crippen LogP contribution in [0, 0.1) is 11.8 Å². The molecule has 1 fully saturated rings. The molecule has 1 aliphatic heterocycles. The number of ether oxygens (including phenoxy) is 2. The first-order chi connectivity index (χ1) is 5.69. The molecule has 0 bridgehead atoms. The van der Waals surface area contributed by atoms with Crippen molar-refractivity contribution in [3.8, 4) is 0 Å². The van der Waals surface area contributed by atoms with Crippen LogP contribution in [-0.4, -0.2) is 31.2 Å². The number of methoxy groups -OCH3 is 1. The molecule has 3 nitrogen and oxygen atoms in total. The Labute approximate surface area is 88.4 Å². The van der Waals surface area contributed by atoms with Crippen molar-refractivity contribution in [2.45, 2.75) is 47.5 Å². The van der Waals surface area contributed by atoms with Crippen LogP contribution in [0.1, 0.15) is 35.1 Å². The molecular weight excluding hydrogens is 180 g/mol. The summed E-state index contributed by atoms with van der Waals surface area (Å²) < 4.78 is 10.7. The molecular formula is C11H26O3. The summed E-state index contributed by atoms with van der Waals surface area (Å²) in [6.45, 7) is 4.30. The van der Waals surface area contributed by atoms with Gasteiger partial charge in [-0.1, -0.05) is 28.7 Å². The van der Waals surface area contributed by atoms with E-state index in [-0.39, 0.29) is 33.9 Å². The normalized spacial score (nSPS) is 36.9. The average molecular weight is 206 g/mol. The number of rotatable bonds is 2. The summed E-state index contributed by atoms with van der Waals surface area (Å²) in [6, 6.07) is 0. The Bertz CT molecular complexity index is 124. The average Bonchev–Trinajstić information content (AvgIpc) is 2.05. The molecule has 1 saturated heterocycles. The summed E-state index contributed by atoms with van der Waals surface area (Å²) in [5.41, 5.74) is 0. The highest BCUT2D eigenvalue weighted by molar-refractivity contribution is 4.76. The van der Waals surface area contributed by atoms with Crippen molar-refractivity contribution < 1.29 is 14.6 Å². The quantitative estimate of drug-likeness (QED) is 0.753. The van der Waals surface area contributed by atoms with E-state index in [1.165, 1.54) is 0 Å². The first kappa shape index (κ1) is 16.3. The van der Waals surface area contributed by atoms with Gasteiger partial charge in [-0.3, -0.25) is 0 Å². The zero-order valence-electron chi connectivity index (χ0n) is 7.99. The molecule has 0 aliphatic carbocycles. The Morgan fingerprint density at radius 3 is 2.29 bits per heavy atom. The van der Waals surface area contributed by atoms with Crippen LogP contribution in [0.4, 0.5) is 0 Å². The molecule has 0 saturated carbocycles. The number of aliphatic hydroxyl groups is 1. The van der Waals surface area contributed by atoms with E-state index >= 15 is 0 Å². The molecule has 0 aromatic rings. The Hall–Kier alpha value is -0.120. The fourth-order valence-corrected chi connectivity index (χ4v) is 1.80. The van der Waals surface area contributed by atoms with E-state index in [9.17, 15) is 0 Å². The molecule has 0 aromatic carbocycles. The van der Waals surface area contributed by atoms with Gasteiger partial charge in [0, 0.05) is 13.0 Å². The van der Waals surface area contributed by atoms with Crippen LogP contribution < -0.4 is 0 Å². The van der Waals surface area contributed by atoms with Gasteiger partial charge in [0.15, 0.2) is 6.29 Å². The first-order valence-corrected chi connectivity index (χ1v) is 4.48. The lowest BCUT2D eigenvalue weighted by Gasteiger charge is -2.37. The molecule has 1 aliphatic rings. The van der Waals surface area contributed by atoms with Crippen molar-refractivity contribution in [2.75, 3.05) is 13.7 Å². The maximum atomic E-state index is 8.98. The lowest BCUT2D eigenvalue weighted by molar-refractivity contribution is -0.227. The summed E-state index contributed by atoms with van der Waals surface area (Å²) in [7, 11) is 1.64. The van der Waals surface area contributed by atoms with Crippen LogP contribution >= 0.6 is 0 Å². The molecule has 0 spiro atoms. The van der Waals surface area contributed by atoms with Gasteiger partial charge in [0.05, 0.1) is 12.7 Å². The molecule has 4 atom stereocenters. The van der Waals surface area contributed by atoms with E-state index in [0.29, 0.717) is 11.8 Å². The highest BCUT2D eigenvalue weighted by atomic mass is 16.7. The lowest BCUT2D eigenvalue weighted by Crippen LogP contribution is -2.41. The summed E-state index contributed by atoms with van der Waals surface area (Å²) in [6.07, 6.45) is 0.869. The van der Waals surface area contributed by atoms with Gasteiger partial charge < -0.3 is 14.6 Å². The van der Waals surface area contributed by atoms with Crippen LogP contribution in [-0.2, 0) is 9.47 Å². The van der Waals surface area contributed by atoms with Crippen molar-refractivity contribution in [1.29, 1.82) is 0 Å². The summed E-state index contributed by atoms with van der Waals surface area (Å²) >= 11 is 0. The van der Waals surface area contributed by atoms with Crippen molar-refractivity contribution in [3.63, 3.8) is 0 Å². The maximum absolute atomic E-state index is 8.98. The van der Waals surface area contributed by atoms with Crippen LogP contribution in [0.25, 0.3) is 0 Å². The second-order valence-electron chi connectivity index (χ2n) is 3.65. The largest absolute Gasteiger partial charge is 0.394 e. The lowest BCUT2D eigenvalue weighted by atomic mass is 9.89. The van der Waals surface area contributed by atoms with Gasteiger partial charge >= 0.3 is 0 Å². The van der Waals surface area contributed by atoms with Crippen molar-refractivity contribution in [3.05, 3.63) is 0 Å². The standard InChI is InChI=1S/C9H18O3.2CH4/c1-6-4-7(2)9(11-3)12-8(6)5-10;;/h6-10H,4-5H2,1-3H3;2*1H4. The predicted molar refractivity (Wildman–Crippen MR) is 59.2 cm³/mol. The molecule has 1 N–H and O–H groups in total. The predicted octanol–water partition coefficient (Wildman–Crippen LogP) is 2.28. The zero-order chi connectivity index (χ0) is 9.14. The molecule has 0 amide bonds. The van der Waals surface area contributed by atoms with Crippen LogP contribution in [0.15, 0.2) is 0 Å². The summed E-state index contributed by atoms with van der Waals surface area (Å²) in [5.74, 6) is 0.851. The van der Waals surface area contributed by atoms with Gasteiger partial charge in [-0.05, 0) is 12.3 Å². The second kappa shape index (κ2) is 7.21. The van der Waals surface area contributed by atoms with E-state index < -0.39 is 0 Å². The van der Waals surface area contributed by atoms with E-state index in [1.54, 1.807) is 7.11 Å². The van der Waals surface area contributed by atoms with Crippen LogP contribution in [0.5, 0.6) is 0 Å². The van der Waals surface area contributed by atoms with E-state index in [2.05, 4.69) is 13.8 Å². The van der Waals surface area contributed by atoms with Gasteiger partial charge in [-0.25, -0.2) is 0 Å². The van der Waals surface area contributed by atoms with Gasteiger partial charge in [-0.15, -0.1) is 0 Å². The van der Waals surface area contributed by atoms with Crippen molar-refractivity contribution in [1.82, 2.24) is 0 Å². The topological polar surface area (TPSA) is 38.7 Å². The fraction of sp³-hybridized carbons (Fsp3) is 1.00. The molecule has 0 radical (unpaired) electrons. The van der Waals surface area contributed by atoms with Crippen molar-refractivity contribution >= 4 is 0 Å². The third-order valence-electron chi connectivity index (χ3n) is 2.56. The smallest absolute Gasteiger partial charge is 0.160 e. The molecule has 1 rings (SSSR count). The van der Waals surface area contributed by atoms with Crippen molar-refractivity contribution in [2.24, 2.45) is 11.8 Å². The first-order valence-electron chi connectivity index (χ1n) is 4.48. The summed E-state index contributed by atoms with van der Waals surface area (Å²) in [5, 5.41) is 8.98. The fourth-order valence-electron chi connectivity index (χ4n) is 1.80. The number of hydrogen-bond donors (Lipinski definition) is 1. The van der Waals surface area contributed by atoms with Gasteiger partial charge in [0.2, 0.25) is 0 Å². The Morgan fingerprint density at radius 2 is 1.86 bits per heavy atom. The zero-order valence-corrected chi connectivity index (χ0v) is 7.99. The van der Waals surface area contributed by atoms with E-state index in [4.69, 9.17) is 14.6 Å². The number of hydrogen-bond acceptors (Lipinski definition) is 3. The molecule has 0 aromatic heterocycles. The van der Waals surface area contributed by atoms with Crippen LogP contribution in [0.2, 0.25) is 0 Å². The minimum absolute atomic E-state index is 0. The highest BCUT2D eigenvalue weighted by Gasteiger charge is 2.32. The Kier molecular flexibility index (Phi) is 8.40. The molecule has 4 unspecified atom stereocenters. The third kappa shape index (κ3) is 3.56. The van der Waals surface area contributed by atoms with Gasteiger partial charge in [0.25, 0.3) is 0 Å². The summed E-state index contributed by atoms with van der Waals surface area (Å²) in [4.78, 5) is 0.